The first-order valence-electron chi connectivity index (χ1n) is 10.5. The van der Waals surface area contributed by atoms with E-state index in [-0.39, 0.29) is 30.2 Å². The number of carbonyl (C=O) groups is 5. The number of hydrogen-bond acceptors (Lipinski definition) is 6. The SMILES string of the molecule is CC(C)CC(NC(=O)C(NC(=O)C1CCCN1)C(C)C)C(=O)NC(CC(=O)O)C(=O)O. The van der Waals surface area contributed by atoms with Crippen molar-refractivity contribution in [2.45, 2.75) is 77.5 Å². The largest absolute Gasteiger partial charge is 0.481 e. The monoisotopic (exact) mass is 442 g/mol. The standard InChI is InChI=1S/C20H34N4O7/c1-10(2)8-13(18(28)23-14(20(30)31)9-15(25)26)22-19(29)16(11(3)4)24-17(27)12-6-5-7-21-12/h10-14,16,21H,5-9H2,1-4H3,(H,22,29)(H,23,28)(H,24,27)(H,25,26)(H,30,31). The molecule has 31 heavy (non-hydrogen) atoms. The predicted octanol–water partition coefficient (Wildman–Crippen LogP) is -0.546. The smallest absolute Gasteiger partial charge is 0.326 e. The van der Waals surface area contributed by atoms with Crippen LogP contribution in [-0.4, -0.2) is 70.6 Å². The summed E-state index contributed by atoms with van der Waals surface area (Å²) >= 11 is 0. The van der Waals surface area contributed by atoms with Crippen LogP contribution in [0.15, 0.2) is 0 Å². The Kier molecular flexibility index (Phi) is 10.4. The normalized spacial score (nSPS) is 18.8. The van der Waals surface area contributed by atoms with Gasteiger partial charge in [-0.2, -0.15) is 0 Å². The zero-order valence-corrected chi connectivity index (χ0v) is 18.4. The molecule has 11 nitrogen and oxygen atoms in total. The number of carboxylic acids is 2. The van der Waals surface area contributed by atoms with Gasteiger partial charge in [0, 0.05) is 0 Å². The van der Waals surface area contributed by atoms with E-state index in [1.54, 1.807) is 13.8 Å². The molecule has 1 aliphatic heterocycles. The second-order valence-electron chi connectivity index (χ2n) is 8.57. The second kappa shape index (κ2) is 12.2. The van der Waals surface area contributed by atoms with Crippen molar-refractivity contribution >= 4 is 29.7 Å². The van der Waals surface area contributed by atoms with Gasteiger partial charge in [0.1, 0.15) is 18.1 Å². The summed E-state index contributed by atoms with van der Waals surface area (Å²) in [6.45, 7) is 7.90. The van der Waals surface area contributed by atoms with Crippen molar-refractivity contribution < 1.29 is 34.2 Å². The van der Waals surface area contributed by atoms with Gasteiger partial charge in [-0.3, -0.25) is 19.2 Å². The van der Waals surface area contributed by atoms with Gasteiger partial charge in [0.25, 0.3) is 0 Å². The van der Waals surface area contributed by atoms with Gasteiger partial charge in [0.2, 0.25) is 17.7 Å². The summed E-state index contributed by atoms with van der Waals surface area (Å²) in [7, 11) is 0. The number of carbonyl (C=O) groups excluding carboxylic acids is 3. The average molecular weight is 443 g/mol. The van der Waals surface area contributed by atoms with E-state index in [0.717, 1.165) is 13.0 Å². The van der Waals surface area contributed by atoms with Gasteiger partial charge >= 0.3 is 11.9 Å². The molecule has 0 aromatic rings. The molecule has 0 spiro atoms. The maximum Gasteiger partial charge on any atom is 0.326 e. The van der Waals surface area contributed by atoms with Crippen LogP contribution in [0.25, 0.3) is 0 Å². The van der Waals surface area contributed by atoms with Crippen LogP contribution in [0.1, 0.15) is 53.4 Å². The molecular weight excluding hydrogens is 408 g/mol. The Bertz CT molecular complexity index is 674. The van der Waals surface area contributed by atoms with Crippen molar-refractivity contribution in [2.75, 3.05) is 6.54 Å². The summed E-state index contributed by atoms with van der Waals surface area (Å²) in [5, 5.41) is 28.6. The maximum atomic E-state index is 12.9. The Morgan fingerprint density at radius 2 is 1.55 bits per heavy atom. The van der Waals surface area contributed by atoms with E-state index in [1.807, 2.05) is 13.8 Å². The van der Waals surface area contributed by atoms with E-state index in [9.17, 15) is 24.0 Å². The maximum absolute atomic E-state index is 12.9. The molecule has 0 bridgehead atoms. The highest BCUT2D eigenvalue weighted by atomic mass is 16.4. The summed E-state index contributed by atoms with van der Waals surface area (Å²) in [6.07, 6.45) is 0.966. The van der Waals surface area contributed by atoms with Crippen molar-refractivity contribution in [3.05, 3.63) is 0 Å². The lowest BCUT2D eigenvalue weighted by atomic mass is 9.99. The summed E-state index contributed by atoms with van der Waals surface area (Å²) in [5.74, 6) is -4.78. The number of aliphatic carboxylic acids is 2. The third-order valence-corrected chi connectivity index (χ3v) is 4.96. The minimum absolute atomic E-state index is 0.0198. The molecule has 4 unspecified atom stereocenters. The lowest BCUT2D eigenvalue weighted by Crippen LogP contribution is -2.58. The molecule has 1 saturated heterocycles. The molecule has 0 aromatic heterocycles. The molecule has 0 saturated carbocycles. The molecule has 4 atom stereocenters. The lowest BCUT2D eigenvalue weighted by molar-refractivity contribution is -0.147. The average Bonchev–Trinajstić information content (AvgIpc) is 3.18. The highest BCUT2D eigenvalue weighted by Gasteiger charge is 2.33. The van der Waals surface area contributed by atoms with E-state index >= 15 is 0 Å². The first-order valence-corrected chi connectivity index (χ1v) is 10.5. The number of amides is 3. The van der Waals surface area contributed by atoms with Crippen molar-refractivity contribution in [1.29, 1.82) is 0 Å². The van der Waals surface area contributed by atoms with Crippen LogP contribution >= 0.6 is 0 Å². The molecule has 1 aliphatic rings. The molecule has 0 aromatic carbocycles. The van der Waals surface area contributed by atoms with Crippen molar-refractivity contribution in [3.8, 4) is 0 Å². The Labute approximate surface area is 181 Å². The first-order chi connectivity index (χ1) is 14.4. The van der Waals surface area contributed by atoms with Crippen LogP contribution in [0, 0.1) is 11.8 Å². The van der Waals surface area contributed by atoms with Crippen molar-refractivity contribution in [1.82, 2.24) is 21.3 Å². The van der Waals surface area contributed by atoms with Gasteiger partial charge in [0.15, 0.2) is 0 Å². The molecule has 11 heteroatoms. The van der Waals surface area contributed by atoms with Gasteiger partial charge in [-0.15, -0.1) is 0 Å². The summed E-state index contributed by atoms with van der Waals surface area (Å²) in [5.41, 5.74) is 0. The quantitative estimate of drug-likeness (QED) is 0.233. The van der Waals surface area contributed by atoms with Crippen LogP contribution in [0.2, 0.25) is 0 Å². The third-order valence-electron chi connectivity index (χ3n) is 4.96. The first kappa shape index (κ1) is 26.3. The van der Waals surface area contributed by atoms with Gasteiger partial charge in [-0.25, -0.2) is 4.79 Å². The fourth-order valence-corrected chi connectivity index (χ4v) is 3.31. The Morgan fingerprint density at radius 3 is 2.00 bits per heavy atom. The Morgan fingerprint density at radius 1 is 0.935 bits per heavy atom. The molecule has 1 heterocycles. The van der Waals surface area contributed by atoms with Crippen molar-refractivity contribution in [2.24, 2.45) is 11.8 Å². The number of carboxylic acid groups (broad SMARTS) is 2. The minimum atomic E-state index is -1.62. The van der Waals surface area contributed by atoms with E-state index in [1.165, 1.54) is 0 Å². The number of rotatable bonds is 12. The number of nitrogens with one attached hydrogen (secondary N) is 4. The number of hydrogen-bond donors (Lipinski definition) is 6. The lowest BCUT2D eigenvalue weighted by Gasteiger charge is -2.27. The summed E-state index contributed by atoms with van der Waals surface area (Å²) in [6, 6.07) is -3.95. The van der Waals surface area contributed by atoms with Gasteiger partial charge < -0.3 is 31.5 Å². The van der Waals surface area contributed by atoms with Gasteiger partial charge in [0.05, 0.1) is 12.5 Å². The molecule has 0 aliphatic carbocycles. The van der Waals surface area contributed by atoms with Gasteiger partial charge in [-0.1, -0.05) is 27.7 Å². The zero-order chi connectivity index (χ0) is 23.7. The van der Waals surface area contributed by atoms with Crippen LogP contribution in [-0.2, 0) is 24.0 Å². The van der Waals surface area contributed by atoms with E-state index in [4.69, 9.17) is 10.2 Å². The molecule has 3 amide bonds. The van der Waals surface area contributed by atoms with E-state index in [2.05, 4.69) is 21.3 Å². The molecule has 6 N–H and O–H groups in total. The third kappa shape index (κ3) is 8.91. The highest BCUT2D eigenvalue weighted by Crippen LogP contribution is 2.10. The Hall–Kier alpha value is -2.69. The van der Waals surface area contributed by atoms with Crippen LogP contribution < -0.4 is 21.3 Å². The van der Waals surface area contributed by atoms with Crippen LogP contribution in [0.5, 0.6) is 0 Å². The Balaban J connectivity index is 2.89. The molecular formula is C20H34N4O7. The molecule has 176 valence electrons. The fraction of sp³-hybridized carbons (Fsp3) is 0.750. The summed E-state index contributed by atoms with van der Waals surface area (Å²) < 4.78 is 0. The van der Waals surface area contributed by atoms with Crippen LogP contribution in [0.4, 0.5) is 0 Å². The minimum Gasteiger partial charge on any atom is -0.481 e. The van der Waals surface area contributed by atoms with Crippen LogP contribution in [0.3, 0.4) is 0 Å². The van der Waals surface area contributed by atoms with E-state index in [0.29, 0.717) is 6.42 Å². The molecule has 0 radical (unpaired) electrons. The molecule has 1 fully saturated rings. The van der Waals surface area contributed by atoms with Crippen molar-refractivity contribution in [3.63, 3.8) is 0 Å². The predicted molar refractivity (Wildman–Crippen MR) is 111 cm³/mol. The summed E-state index contributed by atoms with van der Waals surface area (Å²) in [4.78, 5) is 60.1. The second-order valence-corrected chi connectivity index (χ2v) is 8.57. The topological polar surface area (TPSA) is 174 Å². The fourth-order valence-electron chi connectivity index (χ4n) is 3.31. The van der Waals surface area contributed by atoms with E-state index < -0.39 is 48.3 Å². The zero-order valence-electron chi connectivity index (χ0n) is 18.4. The molecule has 1 rings (SSSR count). The van der Waals surface area contributed by atoms with Gasteiger partial charge in [-0.05, 0) is 37.6 Å². The highest BCUT2D eigenvalue weighted by molar-refractivity contribution is 5.94.